The van der Waals surface area contributed by atoms with Crippen molar-refractivity contribution in [3.8, 4) is 0 Å². The van der Waals surface area contributed by atoms with Gasteiger partial charge in [0.25, 0.3) is 0 Å². The number of rotatable bonds is 5. The number of thiazole rings is 1. The summed E-state index contributed by atoms with van der Waals surface area (Å²) in [5.74, 6) is 0.547. The van der Waals surface area contributed by atoms with E-state index in [4.69, 9.17) is 0 Å². The Hall–Kier alpha value is -1.89. The Balaban J connectivity index is 1.49. The lowest BCUT2D eigenvalue weighted by Gasteiger charge is -2.37. The number of nitrogens with zero attached hydrogens (tertiary/aromatic N) is 4. The zero-order chi connectivity index (χ0) is 16.9. The van der Waals surface area contributed by atoms with Gasteiger partial charge in [0.15, 0.2) is 0 Å². The maximum Gasteiger partial charge on any atom is 0.317 e. The number of nitrogens with one attached hydrogen (secondary N) is 1. The van der Waals surface area contributed by atoms with Crippen LogP contribution in [-0.2, 0) is 12.8 Å². The average molecular weight is 347 g/mol. The maximum absolute atomic E-state index is 12.4. The Bertz CT molecular complexity index is 654. The Morgan fingerprint density at radius 3 is 3.08 bits per heavy atom. The number of piperidine rings is 1. The summed E-state index contributed by atoms with van der Waals surface area (Å²) in [5.41, 5.74) is 0. The summed E-state index contributed by atoms with van der Waals surface area (Å²) in [5, 5.41) is 4.13. The quantitative estimate of drug-likeness (QED) is 0.904. The molecular weight excluding hydrogens is 322 g/mol. The molecule has 6 nitrogen and oxygen atoms in total. The zero-order valence-corrected chi connectivity index (χ0v) is 15.1. The van der Waals surface area contributed by atoms with Gasteiger partial charge in [0.1, 0.15) is 0 Å². The standard InChI is InChI=1S/C17H25N5OS/c1-3-14-10-20-16(24-14)4-6-19-17(23)21-8-5-13(2)15(11-21)22-9-7-18-12-22/h7,9-10,12-13,15H,3-6,8,11H2,1-2H3,(H,19,23)/t13-,15+/m1/s1. The minimum Gasteiger partial charge on any atom is -0.338 e. The summed E-state index contributed by atoms with van der Waals surface area (Å²) < 4.78 is 2.12. The topological polar surface area (TPSA) is 63.1 Å². The predicted molar refractivity (Wildman–Crippen MR) is 95.2 cm³/mol. The van der Waals surface area contributed by atoms with Gasteiger partial charge < -0.3 is 14.8 Å². The van der Waals surface area contributed by atoms with Crippen molar-refractivity contribution in [1.82, 2.24) is 24.8 Å². The fourth-order valence-electron chi connectivity index (χ4n) is 3.10. The van der Waals surface area contributed by atoms with Gasteiger partial charge in [-0.15, -0.1) is 11.3 Å². The summed E-state index contributed by atoms with van der Waals surface area (Å²) in [6.45, 7) is 6.56. The highest BCUT2D eigenvalue weighted by Crippen LogP contribution is 2.27. The van der Waals surface area contributed by atoms with Crippen molar-refractivity contribution in [1.29, 1.82) is 0 Å². The van der Waals surface area contributed by atoms with Crippen molar-refractivity contribution >= 4 is 17.4 Å². The van der Waals surface area contributed by atoms with E-state index in [1.807, 2.05) is 23.6 Å². The number of aromatic nitrogens is 3. The first-order chi connectivity index (χ1) is 11.7. The highest BCUT2D eigenvalue weighted by Gasteiger charge is 2.29. The average Bonchev–Trinajstić information content (AvgIpc) is 3.26. The maximum atomic E-state index is 12.4. The number of carbonyl (C=O) groups excluding carboxylic acids is 1. The third-order valence-electron chi connectivity index (χ3n) is 4.68. The number of hydrogen-bond acceptors (Lipinski definition) is 4. The lowest BCUT2D eigenvalue weighted by Crippen LogP contribution is -2.48. The monoisotopic (exact) mass is 347 g/mol. The van der Waals surface area contributed by atoms with Crippen molar-refractivity contribution in [3.63, 3.8) is 0 Å². The minimum atomic E-state index is 0.0271. The molecule has 1 N–H and O–H groups in total. The summed E-state index contributed by atoms with van der Waals surface area (Å²) >= 11 is 1.73. The van der Waals surface area contributed by atoms with Crippen molar-refractivity contribution in [2.45, 2.75) is 39.2 Å². The van der Waals surface area contributed by atoms with Gasteiger partial charge in [-0.1, -0.05) is 13.8 Å². The van der Waals surface area contributed by atoms with E-state index in [2.05, 4.69) is 33.7 Å². The molecule has 0 aliphatic carbocycles. The predicted octanol–water partition coefficient (Wildman–Crippen LogP) is 2.74. The number of urea groups is 1. The van der Waals surface area contributed by atoms with E-state index in [9.17, 15) is 4.79 Å². The van der Waals surface area contributed by atoms with E-state index >= 15 is 0 Å². The summed E-state index contributed by atoms with van der Waals surface area (Å²) in [6, 6.07) is 0.331. The number of aryl methyl sites for hydroxylation is 1. The Labute approximate surface area is 146 Å². The molecule has 0 radical (unpaired) electrons. The molecule has 0 spiro atoms. The van der Waals surface area contributed by atoms with Crippen molar-refractivity contribution in [3.05, 3.63) is 34.8 Å². The van der Waals surface area contributed by atoms with Crippen LogP contribution in [0.2, 0.25) is 0 Å². The van der Waals surface area contributed by atoms with Crippen molar-refractivity contribution in [2.75, 3.05) is 19.6 Å². The lowest BCUT2D eigenvalue weighted by atomic mass is 9.93. The van der Waals surface area contributed by atoms with Crippen LogP contribution < -0.4 is 5.32 Å². The van der Waals surface area contributed by atoms with Crippen molar-refractivity contribution < 1.29 is 4.79 Å². The molecule has 1 fully saturated rings. The fourth-order valence-corrected chi connectivity index (χ4v) is 3.96. The molecule has 2 atom stereocenters. The molecule has 1 saturated heterocycles. The molecule has 0 saturated carbocycles. The highest BCUT2D eigenvalue weighted by molar-refractivity contribution is 7.11. The van der Waals surface area contributed by atoms with Gasteiger partial charge in [0.05, 0.1) is 17.4 Å². The molecule has 1 aliphatic heterocycles. The Kier molecular flexibility index (Phi) is 5.50. The normalized spacial score (nSPS) is 21.0. The molecule has 7 heteroatoms. The molecule has 2 aromatic rings. The van der Waals surface area contributed by atoms with Crippen LogP contribution in [0.25, 0.3) is 0 Å². The third-order valence-corrected chi connectivity index (χ3v) is 5.88. The molecular formula is C17H25N5OS. The Morgan fingerprint density at radius 1 is 1.50 bits per heavy atom. The Morgan fingerprint density at radius 2 is 2.38 bits per heavy atom. The van der Waals surface area contributed by atoms with Gasteiger partial charge in [0.2, 0.25) is 0 Å². The molecule has 3 heterocycles. The zero-order valence-electron chi connectivity index (χ0n) is 14.3. The summed E-state index contributed by atoms with van der Waals surface area (Å²) in [4.78, 5) is 24.2. The molecule has 0 bridgehead atoms. The number of hydrogen-bond donors (Lipinski definition) is 1. The smallest absolute Gasteiger partial charge is 0.317 e. The first-order valence-corrected chi connectivity index (χ1v) is 9.42. The second kappa shape index (κ2) is 7.79. The third kappa shape index (κ3) is 3.95. The van der Waals surface area contributed by atoms with E-state index in [1.165, 1.54) is 4.88 Å². The molecule has 0 aromatic carbocycles. The van der Waals surface area contributed by atoms with Crippen molar-refractivity contribution in [2.24, 2.45) is 5.92 Å². The van der Waals surface area contributed by atoms with E-state index < -0.39 is 0 Å². The number of amides is 2. The second-order valence-electron chi connectivity index (χ2n) is 6.35. The summed E-state index contributed by atoms with van der Waals surface area (Å²) in [6.07, 6.45) is 10.4. The molecule has 130 valence electrons. The SMILES string of the molecule is CCc1cnc(CCNC(=O)N2CC[C@@H](C)[C@@H](n3ccnc3)C2)s1. The highest BCUT2D eigenvalue weighted by atomic mass is 32.1. The first-order valence-electron chi connectivity index (χ1n) is 8.61. The van der Waals surface area contributed by atoms with Crippen LogP contribution >= 0.6 is 11.3 Å². The molecule has 2 aromatic heterocycles. The van der Waals surface area contributed by atoms with E-state index in [0.29, 0.717) is 18.5 Å². The minimum absolute atomic E-state index is 0.0271. The molecule has 0 unspecified atom stereocenters. The first kappa shape index (κ1) is 17.0. The van der Waals surface area contributed by atoms with Gasteiger partial charge in [-0.05, 0) is 18.8 Å². The van der Waals surface area contributed by atoms with Gasteiger partial charge in [0, 0.05) is 49.5 Å². The van der Waals surface area contributed by atoms with Crippen LogP contribution in [0.3, 0.4) is 0 Å². The van der Waals surface area contributed by atoms with Gasteiger partial charge in [-0.2, -0.15) is 0 Å². The summed E-state index contributed by atoms with van der Waals surface area (Å²) in [7, 11) is 0. The molecule has 1 aliphatic rings. The molecule has 24 heavy (non-hydrogen) atoms. The second-order valence-corrected chi connectivity index (χ2v) is 7.54. The number of likely N-dealkylation sites (tertiary alicyclic amines) is 1. The van der Waals surface area contributed by atoms with Crippen LogP contribution in [0.15, 0.2) is 24.9 Å². The largest absolute Gasteiger partial charge is 0.338 e. The van der Waals surface area contributed by atoms with Crippen LogP contribution in [-0.4, -0.2) is 45.1 Å². The van der Waals surface area contributed by atoms with E-state index in [1.54, 1.807) is 17.5 Å². The number of imidazole rings is 1. The molecule has 2 amide bonds. The van der Waals surface area contributed by atoms with E-state index in [-0.39, 0.29) is 6.03 Å². The fraction of sp³-hybridized carbons (Fsp3) is 0.588. The lowest BCUT2D eigenvalue weighted by molar-refractivity contribution is 0.140. The van der Waals surface area contributed by atoms with Crippen LogP contribution in [0.5, 0.6) is 0 Å². The molecule has 3 rings (SSSR count). The van der Waals surface area contributed by atoms with Gasteiger partial charge in [-0.25, -0.2) is 14.8 Å². The van der Waals surface area contributed by atoms with Crippen LogP contribution in [0, 0.1) is 5.92 Å². The van der Waals surface area contributed by atoms with E-state index in [0.717, 1.165) is 37.4 Å². The van der Waals surface area contributed by atoms with Crippen LogP contribution in [0.1, 0.15) is 36.2 Å². The number of carbonyl (C=O) groups is 1. The van der Waals surface area contributed by atoms with Gasteiger partial charge in [-0.3, -0.25) is 0 Å². The van der Waals surface area contributed by atoms with Crippen LogP contribution in [0.4, 0.5) is 4.79 Å². The van der Waals surface area contributed by atoms with Gasteiger partial charge >= 0.3 is 6.03 Å².